The van der Waals surface area contributed by atoms with Crippen LogP contribution in [0.4, 0.5) is 4.79 Å². The van der Waals surface area contributed by atoms with Crippen molar-refractivity contribution in [1.29, 1.82) is 0 Å². The minimum absolute atomic E-state index is 0.137. The lowest BCUT2D eigenvalue weighted by Crippen LogP contribution is -2.44. The van der Waals surface area contributed by atoms with Crippen molar-refractivity contribution in [3.8, 4) is 0 Å². The molecule has 8 nitrogen and oxygen atoms in total. The summed E-state index contributed by atoms with van der Waals surface area (Å²) >= 11 is 1.80. The van der Waals surface area contributed by atoms with Crippen LogP contribution in [0.25, 0.3) is 0 Å². The number of rotatable bonds is 9. The average Bonchev–Trinajstić information content (AvgIpc) is 3.49. The third kappa shape index (κ3) is 5.13. The fourth-order valence-corrected chi connectivity index (χ4v) is 4.85. The first-order chi connectivity index (χ1) is 14.5. The predicted octanol–water partition coefficient (Wildman–Crippen LogP) is 2.16. The summed E-state index contributed by atoms with van der Waals surface area (Å²) < 4.78 is 0. The van der Waals surface area contributed by atoms with E-state index >= 15 is 0 Å². The van der Waals surface area contributed by atoms with Gasteiger partial charge >= 0.3 is 6.03 Å². The number of likely N-dealkylation sites (tertiary alicyclic amines) is 1. The number of aliphatic imine (C=N–C) groups is 1. The van der Waals surface area contributed by atoms with Crippen LogP contribution in [0.1, 0.15) is 50.4 Å². The fraction of sp³-hybridized carbons (Fsp3) is 0.667. The maximum absolute atomic E-state index is 12.5. The van der Waals surface area contributed by atoms with Crippen LogP contribution in [-0.2, 0) is 4.79 Å². The second-order valence-corrected chi connectivity index (χ2v) is 9.06. The number of urea groups is 1. The van der Waals surface area contributed by atoms with Gasteiger partial charge in [0.1, 0.15) is 5.54 Å². The zero-order chi connectivity index (χ0) is 21.6. The third-order valence-corrected chi connectivity index (χ3v) is 7.02. The zero-order valence-electron chi connectivity index (χ0n) is 18.2. The maximum atomic E-state index is 12.5. The molecule has 30 heavy (non-hydrogen) atoms. The highest BCUT2D eigenvalue weighted by Crippen LogP contribution is 2.27. The molecule has 1 aromatic rings. The Kier molecular flexibility index (Phi) is 7.71. The smallest absolute Gasteiger partial charge is 0.325 e. The van der Waals surface area contributed by atoms with Crippen LogP contribution >= 0.6 is 11.3 Å². The summed E-state index contributed by atoms with van der Waals surface area (Å²) in [6.07, 6.45) is 3.77. The highest BCUT2D eigenvalue weighted by molar-refractivity contribution is 7.10. The molecule has 0 aromatic carbocycles. The Hall–Kier alpha value is -2.13. The van der Waals surface area contributed by atoms with Crippen molar-refractivity contribution >= 4 is 29.2 Å². The van der Waals surface area contributed by atoms with E-state index in [1.165, 1.54) is 22.6 Å². The number of nitrogens with one attached hydrogen (secondary N) is 3. The summed E-state index contributed by atoms with van der Waals surface area (Å²) in [6, 6.07) is 4.36. The van der Waals surface area contributed by atoms with Crippen molar-refractivity contribution in [2.24, 2.45) is 4.99 Å². The number of carbonyl (C=O) groups excluding carboxylic acids is 2. The van der Waals surface area contributed by atoms with Gasteiger partial charge in [-0.05, 0) is 57.1 Å². The standard InChI is InChI=1S/C21H34N6O2S/c1-4-21(2)18(28)27(20(29)25-21)13-8-10-23-19(22-3)24-15-16(17-9-7-14-30-17)26-11-5-6-12-26/h7,9,14,16H,4-6,8,10-13,15H2,1-3H3,(H,25,29)(H2,22,23,24). The van der Waals surface area contributed by atoms with Crippen LogP contribution in [0.3, 0.4) is 0 Å². The van der Waals surface area contributed by atoms with E-state index in [2.05, 4.69) is 43.4 Å². The molecule has 2 unspecified atom stereocenters. The third-order valence-electron chi connectivity index (χ3n) is 6.04. The molecule has 2 saturated heterocycles. The topological polar surface area (TPSA) is 89.1 Å². The van der Waals surface area contributed by atoms with Gasteiger partial charge in [-0.1, -0.05) is 13.0 Å². The molecule has 3 rings (SSSR count). The molecule has 2 atom stereocenters. The first-order valence-corrected chi connectivity index (χ1v) is 11.7. The second kappa shape index (κ2) is 10.3. The zero-order valence-corrected chi connectivity index (χ0v) is 19.1. The molecule has 0 aliphatic carbocycles. The minimum atomic E-state index is -0.769. The van der Waals surface area contributed by atoms with Crippen molar-refractivity contribution in [2.75, 3.05) is 39.8 Å². The predicted molar refractivity (Wildman–Crippen MR) is 121 cm³/mol. The van der Waals surface area contributed by atoms with Gasteiger partial charge in [0.05, 0.1) is 6.04 Å². The van der Waals surface area contributed by atoms with Crippen LogP contribution in [-0.4, -0.2) is 73.0 Å². The van der Waals surface area contributed by atoms with Gasteiger partial charge in [-0.15, -0.1) is 11.3 Å². The van der Waals surface area contributed by atoms with E-state index in [0.717, 1.165) is 25.6 Å². The van der Waals surface area contributed by atoms with E-state index in [1.54, 1.807) is 25.3 Å². The van der Waals surface area contributed by atoms with Gasteiger partial charge in [-0.25, -0.2) is 4.79 Å². The van der Waals surface area contributed by atoms with Gasteiger partial charge in [0.2, 0.25) is 0 Å². The van der Waals surface area contributed by atoms with E-state index in [4.69, 9.17) is 0 Å². The Morgan fingerprint density at radius 1 is 1.33 bits per heavy atom. The van der Waals surface area contributed by atoms with Crippen LogP contribution in [0, 0.1) is 0 Å². The minimum Gasteiger partial charge on any atom is -0.356 e. The first kappa shape index (κ1) is 22.6. The van der Waals surface area contributed by atoms with Crippen molar-refractivity contribution in [3.05, 3.63) is 22.4 Å². The van der Waals surface area contributed by atoms with Gasteiger partial charge in [0, 0.05) is 31.6 Å². The number of nitrogens with zero attached hydrogens (tertiary/aromatic N) is 3. The molecule has 2 fully saturated rings. The molecular formula is C21H34N6O2S. The summed E-state index contributed by atoms with van der Waals surface area (Å²) in [5.41, 5.74) is -0.769. The lowest BCUT2D eigenvalue weighted by atomic mass is 9.99. The molecule has 2 aliphatic rings. The Balaban J connectivity index is 1.44. The van der Waals surface area contributed by atoms with E-state index in [0.29, 0.717) is 32.0 Å². The number of hydrogen-bond acceptors (Lipinski definition) is 5. The summed E-state index contributed by atoms with van der Waals surface area (Å²) in [5.74, 6) is 0.605. The fourth-order valence-electron chi connectivity index (χ4n) is 3.99. The molecule has 3 heterocycles. The molecule has 166 valence electrons. The van der Waals surface area contributed by atoms with E-state index in [1.807, 2.05) is 6.92 Å². The van der Waals surface area contributed by atoms with Crippen LogP contribution in [0.2, 0.25) is 0 Å². The summed E-state index contributed by atoms with van der Waals surface area (Å²) in [5, 5.41) is 11.7. The summed E-state index contributed by atoms with van der Waals surface area (Å²) in [7, 11) is 1.76. The number of hydrogen-bond donors (Lipinski definition) is 3. The highest BCUT2D eigenvalue weighted by atomic mass is 32.1. The van der Waals surface area contributed by atoms with Gasteiger partial charge in [0.15, 0.2) is 5.96 Å². The van der Waals surface area contributed by atoms with Crippen LogP contribution in [0.5, 0.6) is 0 Å². The van der Waals surface area contributed by atoms with E-state index < -0.39 is 5.54 Å². The molecule has 0 radical (unpaired) electrons. The van der Waals surface area contributed by atoms with Crippen LogP contribution < -0.4 is 16.0 Å². The molecule has 9 heteroatoms. The number of thiophene rings is 1. The van der Waals surface area contributed by atoms with Gasteiger partial charge in [-0.2, -0.15) is 0 Å². The summed E-state index contributed by atoms with van der Waals surface area (Å²) in [4.78, 5) is 34.1. The lowest BCUT2D eigenvalue weighted by molar-refractivity contribution is -0.130. The maximum Gasteiger partial charge on any atom is 0.325 e. The van der Waals surface area contributed by atoms with E-state index in [-0.39, 0.29) is 11.9 Å². The van der Waals surface area contributed by atoms with Crippen molar-refractivity contribution < 1.29 is 9.59 Å². The Bertz CT molecular complexity index is 747. The molecule has 0 bridgehead atoms. The first-order valence-electron chi connectivity index (χ1n) is 10.8. The number of amides is 3. The van der Waals surface area contributed by atoms with Crippen LogP contribution in [0.15, 0.2) is 22.5 Å². The molecule has 1 aromatic heterocycles. The van der Waals surface area contributed by atoms with Gasteiger partial charge < -0.3 is 16.0 Å². The Morgan fingerprint density at radius 3 is 2.70 bits per heavy atom. The molecule has 3 N–H and O–H groups in total. The average molecular weight is 435 g/mol. The second-order valence-electron chi connectivity index (χ2n) is 8.08. The molecule has 0 saturated carbocycles. The van der Waals surface area contributed by atoms with Gasteiger partial charge in [0.25, 0.3) is 5.91 Å². The SMILES string of the molecule is CCC1(C)NC(=O)N(CCCNC(=NC)NCC(c2cccs2)N2CCCC2)C1=O. The lowest BCUT2D eigenvalue weighted by Gasteiger charge is -2.27. The monoisotopic (exact) mass is 434 g/mol. The number of imide groups is 1. The van der Waals surface area contributed by atoms with Crippen molar-refractivity contribution in [1.82, 2.24) is 25.8 Å². The highest BCUT2D eigenvalue weighted by Gasteiger charge is 2.45. The summed E-state index contributed by atoms with van der Waals surface area (Å²) in [6.45, 7) is 7.79. The molecule has 2 aliphatic heterocycles. The quantitative estimate of drug-likeness (QED) is 0.240. The largest absolute Gasteiger partial charge is 0.356 e. The van der Waals surface area contributed by atoms with Crippen molar-refractivity contribution in [3.63, 3.8) is 0 Å². The normalized spacial score (nSPS) is 23.7. The van der Waals surface area contributed by atoms with E-state index in [9.17, 15) is 9.59 Å². The Morgan fingerprint density at radius 2 is 2.10 bits per heavy atom. The Labute approximate surface area is 183 Å². The number of carbonyl (C=O) groups is 2. The molecule has 0 spiro atoms. The van der Waals surface area contributed by atoms with Crippen molar-refractivity contribution in [2.45, 2.75) is 51.1 Å². The molecule has 3 amide bonds. The van der Waals surface area contributed by atoms with Gasteiger partial charge in [-0.3, -0.25) is 19.6 Å². The molecular weight excluding hydrogens is 400 g/mol. The number of guanidine groups is 1.